The van der Waals surface area contributed by atoms with Crippen LogP contribution in [0.15, 0.2) is 41.3 Å². The molecule has 25 heavy (non-hydrogen) atoms. The van der Waals surface area contributed by atoms with Crippen molar-refractivity contribution in [3.8, 4) is 6.01 Å². The molecule has 1 aromatic carbocycles. The van der Waals surface area contributed by atoms with Gasteiger partial charge in [-0.1, -0.05) is 12.1 Å². The second-order valence-electron chi connectivity index (χ2n) is 5.08. The highest BCUT2D eigenvalue weighted by Crippen LogP contribution is 2.46. The van der Waals surface area contributed by atoms with Crippen molar-refractivity contribution in [1.29, 1.82) is 0 Å². The van der Waals surface area contributed by atoms with Gasteiger partial charge in [-0.2, -0.15) is 0 Å². The Labute approximate surface area is 147 Å². The molecule has 2 aromatic rings. The molecule has 136 valence electrons. The summed E-state index contributed by atoms with van der Waals surface area (Å²) in [5, 5.41) is 0.489. The maximum Gasteiger partial charge on any atom is 0.361 e. The molecule has 0 amide bonds. The van der Waals surface area contributed by atoms with E-state index in [1.165, 1.54) is 16.8 Å². The van der Waals surface area contributed by atoms with Crippen molar-refractivity contribution >= 4 is 12.9 Å². The molecule has 0 aliphatic carbocycles. The molecule has 0 atom stereocenters. The maximum atomic E-state index is 12.7. The smallest absolute Gasteiger partial charge is 0.361 e. The van der Waals surface area contributed by atoms with Crippen molar-refractivity contribution in [1.82, 2.24) is 9.55 Å². The van der Waals surface area contributed by atoms with Crippen LogP contribution in [-0.4, -0.2) is 29.4 Å². The van der Waals surface area contributed by atoms with Crippen molar-refractivity contribution in [2.24, 2.45) is 0 Å². The molecule has 7 nitrogen and oxygen atoms in total. The van der Waals surface area contributed by atoms with Gasteiger partial charge in [0.1, 0.15) is 0 Å². The number of benzene rings is 1. The molecular weight excluding hydrogens is 343 g/mol. The first kappa shape index (κ1) is 19.4. The van der Waals surface area contributed by atoms with Crippen LogP contribution in [0.4, 0.5) is 0 Å². The normalized spacial score (nSPS) is 11.5. The summed E-state index contributed by atoms with van der Waals surface area (Å²) in [5.74, 6) is 0. The summed E-state index contributed by atoms with van der Waals surface area (Å²) in [6.45, 7) is 6.67. The van der Waals surface area contributed by atoms with E-state index in [0.29, 0.717) is 31.7 Å². The predicted octanol–water partition coefficient (Wildman–Crippen LogP) is 2.58. The largest absolute Gasteiger partial charge is 0.465 e. The monoisotopic (exact) mass is 366 g/mol. The van der Waals surface area contributed by atoms with Crippen LogP contribution in [0.3, 0.4) is 0 Å². The van der Waals surface area contributed by atoms with E-state index in [-0.39, 0.29) is 11.6 Å². The highest BCUT2D eigenvalue weighted by molar-refractivity contribution is 7.62. The first-order valence-electron chi connectivity index (χ1n) is 8.21. The molecule has 0 radical (unpaired) electrons. The molecule has 0 saturated carbocycles. The minimum atomic E-state index is -3.31. The summed E-state index contributed by atoms with van der Waals surface area (Å²) in [6, 6.07) is 8.62. The molecule has 0 unspecified atom stereocenters. The van der Waals surface area contributed by atoms with Crippen LogP contribution in [0, 0.1) is 0 Å². The van der Waals surface area contributed by atoms with Gasteiger partial charge in [0, 0.05) is 12.3 Å². The van der Waals surface area contributed by atoms with Gasteiger partial charge in [-0.05, 0) is 38.5 Å². The van der Waals surface area contributed by atoms with E-state index in [2.05, 4.69) is 4.98 Å². The maximum absolute atomic E-state index is 12.7. The van der Waals surface area contributed by atoms with Crippen LogP contribution < -0.4 is 15.6 Å². The van der Waals surface area contributed by atoms with E-state index in [1.807, 2.05) is 6.92 Å². The Bertz CT molecular complexity index is 778. The van der Waals surface area contributed by atoms with Gasteiger partial charge in [0.25, 0.3) is 11.6 Å². The Morgan fingerprint density at radius 3 is 2.20 bits per heavy atom. The number of hydrogen-bond acceptors (Lipinski definition) is 6. The van der Waals surface area contributed by atoms with Crippen molar-refractivity contribution in [3.63, 3.8) is 0 Å². The predicted molar refractivity (Wildman–Crippen MR) is 95.7 cm³/mol. The second kappa shape index (κ2) is 8.94. The summed E-state index contributed by atoms with van der Waals surface area (Å²) in [7, 11) is -3.31. The molecule has 0 saturated heterocycles. The van der Waals surface area contributed by atoms with Crippen LogP contribution in [0.2, 0.25) is 0 Å². The highest BCUT2D eigenvalue weighted by atomic mass is 31.2. The standard InChI is InChI=1S/C17H23N2O5P/c1-4-22-17-18-12-11-16(20)19(17)13-14-7-9-15(10-8-14)25(21,23-5-2)24-6-3/h7-12H,4-6,13H2,1-3H3. The minimum absolute atomic E-state index is 0.197. The fourth-order valence-corrected chi connectivity index (χ4v) is 3.87. The van der Waals surface area contributed by atoms with Gasteiger partial charge >= 0.3 is 7.60 Å². The van der Waals surface area contributed by atoms with Gasteiger partial charge in [0.15, 0.2) is 0 Å². The van der Waals surface area contributed by atoms with Crippen molar-refractivity contribution in [2.75, 3.05) is 19.8 Å². The average Bonchev–Trinajstić information content (AvgIpc) is 2.59. The molecule has 8 heteroatoms. The van der Waals surface area contributed by atoms with Gasteiger partial charge in [0.2, 0.25) is 0 Å². The summed E-state index contributed by atoms with van der Waals surface area (Å²) in [6.07, 6.45) is 1.42. The number of ether oxygens (including phenoxy) is 1. The zero-order valence-corrected chi connectivity index (χ0v) is 15.6. The zero-order chi connectivity index (χ0) is 18.3. The Kier molecular flexibility index (Phi) is 6.93. The third-order valence-electron chi connectivity index (χ3n) is 3.36. The lowest BCUT2D eigenvalue weighted by molar-refractivity contribution is 0.230. The Morgan fingerprint density at radius 1 is 1.00 bits per heavy atom. The third-order valence-corrected chi connectivity index (χ3v) is 5.49. The first-order chi connectivity index (χ1) is 12.0. The number of hydrogen-bond donors (Lipinski definition) is 0. The van der Waals surface area contributed by atoms with E-state index in [0.717, 1.165) is 5.56 Å². The molecule has 0 N–H and O–H groups in total. The summed E-state index contributed by atoms with van der Waals surface area (Å²) < 4.78 is 30.3. The number of nitrogens with zero attached hydrogens (tertiary/aromatic N) is 2. The van der Waals surface area contributed by atoms with E-state index < -0.39 is 7.60 Å². The minimum Gasteiger partial charge on any atom is -0.465 e. The van der Waals surface area contributed by atoms with E-state index in [4.69, 9.17) is 13.8 Å². The Balaban J connectivity index is 2.27. The van der Waals surface area contributed by atoms with Crippen LogP contribution in [0.1, 0.15) is 26.3 Å². The van der Waals surface area contributed by atoms with Gasteiger partial charge in [-0.25, -0.2) is 4.98 Å². The molecule has 0 aliphatic rings. The van der Waals surface area contributed by atoms with E-state index in [9.17, 15) is 9.36 Å². The van der Waals surface area contributed by atoms with E-state index >= 15 is 0 Å². The fourth-order valence-electron chi connectivity index (χ4n) is 2.30. The van der Waals surface area contributed by atoms with Crippen molar-refractivity contribution in [2.45, 2.75) is 27.3 Å². The highest BCUT2D eigenvalue weighted by Gasteiger charge is 2.26. The summed E-state index contributed by atoms with van der Waals surface area (Å²) in [4.78, 5) is 16.2. The van der Waals surface area contributed by atoms with E-state index in [1.54, 1.807) is 38.1 Å². The fraction of sp³-hybridized carbons (Fsp3) is 0.412. The van der Waals surface area contributed by atoms with Crippen LogP contribution in [0.25, 0.3) is 0 Å². The summed E-state index contributed by atoms with van der Waals surface area (Å²) >= 11 is 0. The molecule has 1 heterocycles. The van der Waals surface area contributed by atoms with Gasteiger partial charge in [-0.15, -0.1) is 0 Å². The molecule has 2 rings (SSSR count). The lowest BCUT2D eigenvalue weighted by Crippen LogP contribution is -2.23. The van der Waals surface area contributed by atoms with Crippen LogP contribution >= 0.6 is 7.60 Å². The second-order valence-corrected chi connectivity index (χ2v) is 7.11. The zero-order valence-electron chi connectivity index (χ0n) is 14.7. The lowest BCUT2D eigenvalue weighted by atomic mass is 10.2. The molecule has 0 fully saturated rings. The van der Waals surface area contributed by atoms with Crippen LogP contribution in [-0.2, 0) is 20.2 Å². The quantitative estimate of drug-likeness (QED) is 0.635. The SMILES string of the molecule is CCOc1nccc(=O)n1Cc1ccc(P(=O)(OCC)OCC)cc1. The first-order valence-corrected chi connectivity index (χ1v) is 9.75. The van der Waals surface area contributed by atoms with Gasteiger partial charge < -0.3 is 13.8 Å². The Hall–Kier alpha value is -1.95. The van der Waals surface area contributed by atoms with Crippen LogP contribution in [0.5, 0.6) is 6.01 Å². The van der Waals surface area contributed by atoms with Crippen molar-refractivity contribution < 1.29 is 18.3 Å². The van der Waals surface area contributed by atoms with Crippen molar-refractivity contribution in [3.05, 3.63) is 52.4 Å². The summed E-state index contributed by atoms with van der Waals surface area (Å²) in [5.41, 5.74) is 0.649. The van der Waals surface area contributed by atoms with Gasteiger partial charge in [-0.3, -0.25) is 13.9 Å². The molecule has 0 aliphatic heterocycles. The Morgan fingerprint density at radius 2 is 1.64 bits per heavy atom. The number of rotatable bonds is 9. The van der Waals surface area contributed by atoms with Gasteiger partial charge in [0.05, 0.1) is 31.7 Å². The molecular formula is C17H23N2O5P. The third kappa shape index (κ3) is 4.78. The molecule has 0 bridgehead atoms. The topological polar surface area (TPSA) is 79.7 Å². The average molecular weight is 366 g/mol. The molecule has 0 spiro atoms. The number of aromatic nitrogens is 2. The molecule has 1 aromatic heterocycles. The lowest BCUT2D eigenvalue weighted by Gasteiger charge is -2.17.